The number of nitrogens with one attached hydrogen (secondary N) is 1. The molecule has 0 bridgehead atoms. The number of amides is 2. The molecule has 1 unspecified atom stereocenters. The monoisotopic (exact) mass is 486 g/mol. The Hall–Kier alpha value is -4.19. The Bertz CT molecular complexity index is 1230. The van der Waals surface area contributed by atoms with E-state index in [1.807, 2.05) is 0 Å². The number of primary amides is 2. The number of nitrogens with two attached hydrogens (primary N) is 2. The predicted octanol–water partition coefficient (Wildman–Crippen LogP) is 2.32. The lowest BCUT2D eigenvalue weighted by molar-refractivity contribution is -0.137. The molecule has 2 aromatic carbocycles. The van der Waals surface area contributed by atoms with Crippen LogP contribution in [0, 0.1) is 0 Å². The first-order valence-electron chi connectivity index (χ1n) is 10.5. The van der Waals surface area contributed by atoms with Crippen molar-refractivity contribution in [3.8, 4) is 22.9 Å². The number of benzene rings is 2. The SMILES string of the molecule is NC(=O)c1cc(N2CCNCC2C(N)=O)nc(-c2ccc(Oc3ccc(C(F)(F)F)cc3)cc2)n1. The fraction of sp³-hybridized carbons (Fsp3) is 0.217. The van der Waals surface area contributed by atoms with E-state index in [0.29, 0.717) is 36.8 Å². The molecule has 182 valence electrons. The number of hydrogen-bond donors (Lipinski definition) is 3. The molecular weight excluding hydrogens is 465 g/mol. The maximum Gasteiger partial charge on any atom is 0.416 e. The zero-order valence-electron chi connectivity index (χ0n) is 18.2. The number of ether oxygens (including phenoxy) is 1. The number of alkyl halides is 3. The van der Waals surface area contributed by atoms with Crippen molar-refractivity contribution >= 4 is 17.6 Å². The van der Waals surface area contributed by atoms with Gasteiger partial charge in [0.05, 0.1) is 5.56 Å². The van der Waals surface area contributed by atoms with Gasteiger partial charge in [-0.05, 0) is 48.5 Å². The van der Waals surface area contributed by atoms with Gasteiger partial charge in [0.2, 0.25) is 5.91 Å². The summed E-state index contributed by atoms with van der Waals surface area (Å²) in [5.74, 6) is -0.170. The molecule has 9 nitrogen and oxygen atoms in total. The number of anilines is 1. The van der Waals surface area contributed by atoms with Gasteiger partial charge in [-0.3, -0.25) is 9.59 Å². The zero-order valence-corrected chi connectivity index (χ0v) is 18.2. The second-order valence-corrected chi connectivity index (χ2v) is 7.76. The van der Waals surface area contributed by atoms with Crippen LogP contribution in [0.5, 0.6) is 11.5 Å². The van der Waals surface area contributed by atoms with Gasteiger partial charge < -0.3 is 26.4 Å². The molecule has 35 heavy (non-hydrogen) atoms. The highest BCUT2D eigenvalue weighted by Crippen LogP contribution is 2.32. The minimum absolute atomic E-state index is 0.0307. The fourth-order valence-corrected chi connectivity index (χ4v) is 3.59. The predicted molar refractivity (Wildman–Crippen MR) is 121 cm³/mol. The fourth-order valence-electron chi connectivity index (χ4n) is 3.59. The molecule has 1 saturated heterocycles. The number of nitrogens with zero attached hydrogens (tertiary/aromatic N) is 3. The van der Waals surface area contributed by atoms with Crippen LogP contribution in [-0.4, -0.2) is 47.5 Å². The van der Waals surface area contributed by atoms with E-state index in [9.17, 15) is 22.8 Å². The van der Waals surface area contributed by atoms with Crippen molar-refractivity contribution in [2.24, 2.45) is 11.5 Å². The van der Waals surface area contributed by atoms with E-state index in [1.54, 1.807) is 29.2 Å². The Morgan fingerprint density at radius 1 is 1.00 bits per heavy atom. The van der Waals surface area contributed by atoms with E-state index in [1.165, 1.54) is 18.2 Å². The number of piperazine rings is 1. The number of rotatable bonds is 6. The molecular formula is C23H21F3N6O3. The van der Waals surface area contributed by atoms with E-state index in [4.69, 9.17) is 16.2 Å². The number of carbonyl (C=O) groups is 2. The highest BCUT2D eigenvalue weighted by molar-refractivity contribution is 5.92. The third-order valence-corrected chi connectivity index (χ3v) is 5.36. The standard InChI is InChI=1S/C23H21F3N6O3/c24-23(25,26)14-3-7-16(8-4-14)35-15-5-1-13(2-6-15)22-30-17(20(27)33)11-19(31-22)32-10-9-29-12-18(32)21(28)34/h1-8,11,18,29H,9-10,12H2,(H2,27,33)(H2,28,34). The molecule has 5 N–H and O–H groups in total. The Balaban J connectivity index is 1.60. The van der Waals surface area contributed by atoms with Crippen LogP contribution < -0.4 is 26.4 Å². The molecule has 1 aliphatic heterocycles. The molecule has 2 heterocycles. The first-order valence-corrected chi connectivity index (χ1v) is 10.5. The summed E-state index contributed by atoms with van der Waals surface area (Å²) in [7, 11) is 0. The first kappa shape index (κ1) is 24.0. The minimum Gasteiger partial charge on any atom is -0.457 e. The average Bonchev–Trinajstić information content (AvgIpc) is 2.84. The van der Waals surface area contributed by atoms with Gasteiger partial charge in [0, 0.05) is 31.3 Å². The van der Waals surface area contributed by atoms with Crippen molar-refractivity contribution in [2.75, 3.05) is 24.5 Å². The summed E-state index contributed by atoms with van der Waals surface area (Å²) >= 11 is 0. The van der Waals surface area contributed by atoms with Crippen LogP contribution in [0.2, 0.25) is 0 Å². The summed E-state index contributed by atoms with van der Waals surface area (Å²) in [5.41, 5.74) is 10.7. The largest absolute Gasteiger partial charge is 0.457 e. The third kappa shape index (κ3) is 5.49. The Morgan fingerprint density at radius 2 is 1.63 bits per heavy atom. The van der Waals surface area contributed by atoms with Gasteiger partial charge in [-0.25, -0.2) is 9.97 Å². The Morgan fingerprint density at radius 3 is 2.20 bits per heavy atom. The minimum atomic E-state index is -4.43. The molecule has 12 heteroatoms. The molecule has 1 aliphatic rings. The summed E-state index contributed by atoms with van der Waals surface area (Å²) in [4.78, 5) is 34.2. The van der Waals surface area contributed by atoms with Crippen LogP contribution in [-0.2, 0) is 11.0 Å². The molecule has 0 aliphatic carbocycles. The molecule has 3 aromatic rings. The van der Waals surface area contributed by atoms with Crippen molar-refractivity contribution in [2.45, 2.75) is 12.2 Å². The first-order chi connectivity index (χ1) is 16.6. The second-order valence-electron chi connectivity index (χ2n) is 7.76. The maximum absolute atomic E-state index is 12.7. The second kappa shape index (κ2) is 9.58. The molecule has 4 rings (SSSR count). The highest BCUT2D eigenvalue weighted by atomic mass is 19.4. The summed E-state index contributed by atoms with van der Waals surface area (Å²) in [6.07, 6.45) is -4.43. The van der Waals surface area contributed by atoms with Crippen molar-refractivity contribution in [3.63, 3.8) is 0 Å². The number of carbonyl (C=O) groups excluding carboxylic acids is 2. The molecule has 1 atom stereocenters. The highest BCUT2D eigenvalue weighted by Gasteiger charge is 2.30. The van der Waals surface area contributed by atoms with Crippen LogP contribution in [0.4, 0.5) is 19.0 Å². The van der Waals surface area contributed by atoms with E-state index < -0.39 is 29.6 Å². The van der Waals surface area contributed by atoms with E-state index >= 15 is 0 Å². The van der Waals surface area contributed by atoms with Crippen LogP contribution in [0.1, 0.15) is 16.1 Å². The van der Waals surface area contributed by atoms with Gasteiger partial charge in [-0.2, -0.15) is 13.2 Å². The number of aromatic nitrogens is 2. The van der Waals surface area contributed by atoms with Gasteiger partial charge in [0.25, 0.3) is 5.91 Å². The quantitative estimate of drug-likeness (QED) is 0.486. The lowest BCUT2D eigenvalue weighted by Crippen LogP contribution is -2.57. The Labute approximate surface area is 197 Å². The van der Waals surface area contributed by atoms with E-state index in [-0.39, 0.29) is 17.3 Å². The van der Waals surface area contributed by atoms with Gasteiger partial charge in [-0.15, -0.1) is 0 Å². The van der Waals surface area contributed by atoms with Crippen molar-refractivity contribution in [1.82, 2.24) is 15.3 Å². The molecule has 1 fully saturated rings. The normalized spacial score (nSPS) is 16.1. The molecule has 0 radical (unpaired) electrons. The average molecular weight is 486 g/mol. The summed E-state index contributed by atoms with van der Waals surface area (Å²) in [6, 6.07) is 11.5. The summed E-state index contributed by atoms with van der Waals surface area (Å²) in [5, 5.41) is 3.09. The smallest absolute Gasteiger partial charge is 0.416 e. The molecule has 1 aromatic heterocycles. The number of hydrogen-bond acceptors (Lipinski definition) is 7. The van der Waals surface area contributed by atoms with Crippen molar-refractivity contribution in [1.29, 1.82) is 0 Å². The molecule has 0 spiro atoms. The zero-order chi connectivity index (χ0) is 25.2. The molecule has 0 saturated carbocycles. The third-order valence-electron chi connectivity index (χ3n) is 5.36. The van der Waals surface area contributed by atoms with Crippen LogP contribution in [0.25, 0.3) is 11.4 Å². The van der Waals surface area contributed by atoms with Crippen LogP contribution in [0.15, 0.2) is 54.6 Å². The van der Waals surface area contributed by atoms with Gasteiger partial charge in [0.1, 0.15) is 29.1 Å². The summed E-state index contributed by atoms with van der Waals surface area (Å²) < 4.78 is 43.8. The van der Waals surface area contributed by atoms with E-state index in [2.05, 4.69) is 15.3 Å². The van der Waals surface area contributed by atoms with Gasteiger partial charge >= 0.3 is 6.18 Å². The van der Waals surface area contributed by atoms with Gasteiger partial charge in [-0.1, -0.05) is 0 Å². The number of halogens is 3. The van der Waals surface area contributed by atoms with Crippen molar-refractivity contribution < 1.29 is 27.5 Å². The Kier molecular flexibility index (Phi) is 6.56. The molecule has 2 amide bonds. The lowest BCUT2D eigenvalue weighted by Gasteiger charge is -2.35. The van der Waals surface area contributed by atoms with Crippen molar-refractivity contribution in [3.05, 3.63) is 65.9 Å². The van der Waals surface area contributed by atoms with Crippen LogP contribution >= 0.6 is 0 Å². The maximum atomic E-state index is 12.7. The van der Waals surface area contributed by atoms with E-state index in [0.717, 1.165) is 12.1 Å². The van der Waals surface area contributed by atoms with Gasteiger partial charge in [0.15, 0.2) is 5.82 Å². The van der Waals surface area contributed by atoms with Crippen LogP contribution in [0.3, 0.4) is 0 Å². The summed E-state index contributed by atoms with van der Waals surface area (Å²) in [6.45, 7) is 1.35. The lowest BCUT2D eigenvalue weighted by atomic mass is 10.1. The topological polar surface area (TPSA) is 136 Å².